The Balaban J connectivity index is 2.04. The second-order valence-corrected chi connectivity index (χ2v) is 5.06. The summed E-state index contributed by atoms with van der Waals surface area (Å²) in [5.74, 6) is -0.254. The third-order valence-corrected chi connectivity index (χ3v) is 3.29. The lowest BCUT2D eigenvalue weighted by Crippen LogP contribution is -2.07. The lowest BCUT2D eigenvalue weighted by molar-refractivity contribution is -0.111. The van der Waals surface area contributed by atoms with E-state index in [1.807, 2.05) is 0 Å². The fraction of sp³-hybridized carbons (Fsp3) is 0. The zero-order chi connectivity index (χ0) is 13.0. The molecule has 2 aromatic rings. The molecule has 0 aliphatic rings. The van der Waals surface area contributed by atoms with E-state index < -0.39 is 0 Å². The molecule has 0 saturated carbocycles. The summed E-state index contributed by atoms with van der Waals surface area (Å²) in [6.07, 6.45) is 4.65. The van der Waals surface area contributed by atoms with E-state index in [0.29, 0.717) is 15.2 Å². The van der Waals surface area contributed by atoms with E-state index in [1.165, 1.54) is 17.4 Å². The average Bonchev–Trinajstić information content (AvgIpc) is 2.80. The summed E-state index contributed by atoms with van der Waals surface area (Å²) in [5, 5.41) is 6.04. The molecule has 1 aromatic carbocycles. The molecule has 1 heterocycles. The van der Waals surface area contributed by atoms with E-state index in [9.17, 15) is 4.79 Å². The van der Waals surface area contributed by atoms with Crippen LogP contribution in [0.4, 0.5) is 5.13 Å². The largest absolute Gasteiger partial charge is 0.298 e. The Kier molecular flexibility index (Phi) is 4.36. The number of halogens is 2. The molecule has 0 atom stereocenters. The highest BCUT2D eigenvalue weighted by Crippen LogP contribution is 2.22. The molecule has 0 unspecified atom stereocenters. The van der Waals surface area contributed by atoms with Gasteiger partial charge in [0.15, 0.2) is 5.13 Å². The van der Waals surface area contributed by atoms with Crippen LogP contribution < -0.4 is 5.32 Å². The Morgan fingerprint density at radius 2 is 2.22 bits per heavy atom. The Morgan fingerprint density at radius 3 is 2.89 bits per heavy atom. The minimum absolute atomic E-state index is 0.254. The highest BCUT2D eigenvalue weighted by molar-refractivity contribution is 7.13. The van der Waals surface area contributed by atoms with E-state index in [1.54, 1.807) is 35.9 Å². The number of anilines is 1. The van der Waals surface area contributed by atoms with Gasteiger partial charge in [0.1, 0.15) is 0 Å². The Morgan fingerprint density at radius 1 is 1.39 bits per heavy atom. The molecule has 0 aliphatic heterocycles. The summed E-state index contributed by atoms with van der Waals surface area (Å²) in [4.78, 5) is 15.5. The molecular weight excluding hydrogens is 291 g/mol. The lowest BCUT2D eigenvalue weighted by atomic mass is 10.2. The van der Waals surface area contributed by atoms with E-state index >= 15 is 0 Å². The van der Waals surface area contributed by atoms with E-state index in [4.69, 9.17) is 23.2 Å². The van der Waals surface area contributed by atoms with Crippen molar-refractivity contribution in [3.63, 3.8) is 0 Å². The summed E-state index contributed by atoms with van der Waals surface area (Å²) in [7, 11) is 0. The number of nitrogens with zero attached hydrogens (tertiary/aromatic N) is 1. The van der Waals surface area contributed by atoms with Crippen LogP contribution in [0.15, 0.2) is 35.9 Å². The third kappa shape index (κ3) is 3.57. The number of aromatic nitrogens is 1. The molecule has 0 aliphatic carbocycles. The van der Waals surface area contributed by atoms with Crippen LogP contribution in [0.25, 0.3) is 6.08 Å². The van der Waals surface area contributed by atoms with E-state index in [-0.39, 0.29) is 5.91 Å². The van der Waals surface area contributed by atoms with Gasteiger partial charge in [-0.2, -0.15) is 0 Å². The SMILES string of the molecule is O=C(/C=C/c1ccc(Cl)cc1Cl)Nc1nccs1. The molecule has 1 N–H and O–H groups in total. The number of nitrogens with one attached hydrogen (secondary N) is 1. The number of hydrogen-bond donors (Lipinski definition) is 1. The molecular formula is C12H8Cl2N2OS. The van der Waals surface area contributed by atoms with Gasteiger partial charge in [-0.25, -0.2) is 4.98 Å². The van der Waals surface area contributed by atoms with E-state index in [2.05, 4.69) is 10.3 Å². The van der Waals surface area contributed by atoms with Gasteiger partial charge in [0.25, 0.3) is 0 Å². The number of hydrogen-bond acceptors (Lipinski definition) is 3. The summed E-state index contributed by atoms with van der Waals surface area (Å²) >= 11 is 13.1. The van der Waals surface area contributed by atoms with Crippen molar-refractivity contribution >= 4 is 51.7 Å². The molecule has 1 amide bonds. The van der Waals surface area contributed by atoms with Crippen LogP contribution in [-0.2, 0) is 4.79 Å². The second-order valence-electron chi connectivity index (χ2n) is 3.33. The van der Waals surface area contributed by atoms with Crippen LogP contribution in [0, 0.1) is 0 Å². The zero-order valence-corrected chi connectivity index (χ0v) is 11.4. The van der Waals surface area contributed by atoms with Crippen molar-refractivity contribution < 1.29 is 4.79 Å². The molecule has 0 fully saturated rings. The first-order valence-electron chi connectivity index (χ1n) is 4.99. The summed E-state index contributed by atoms with van der Waals surface area (Å²) in [6.45, 7) is 0. The first-order chi connectivity index (χ1) is 8.65. The van der Waals surface area contributed by atoms with Crippen LogP contribution >= 0.6 is 34.5 Å². The molecule has 92 valence electrons. The Bertz CT molecular complexity index is 582. The molecule has 0 bridgehead atoms. The van der Waals surface area contributed by atoms with Crippen molar-refractivity contribution in [1.82, 2.24) is 4.98 Å². The standard InChI is InChI=1S/C12H8Cl2N2OS/c13-9-3-1-8(10(14)7-9)2-4-11(17)16-12-15-5-6-18-12/h1-7H,(H,15,16,17)/b4-2+. The summed E-state index contributed by atoms with van der Waals surface area (Å²) < 4.78 is 0. The van der Waals surface area contributed by atoms with Crippen LogP contribution in [0.1, 0.15) is 5.56 Å². The fourth-order valence-corrected chi connectivity index (χ4v) is 2.24. The predicted octanol–water partition coefficient (Wildman–Crippen LogP) is 4.10. The molecule has 0 spiro atoms. The van der Waals surface area contributed by atoms with E-state index in [0.717, 1.165) is 5.56 Å². The number of rotatable bonds is 3. The molecule has 0 radical (unpaired) electrons. The first kappa shape index (κ1) is 13.1. The number of carbonyl (C=O) groups is 1. The predicted molar refractivity (Wildman–Crippen MR) is 76.2 cm³/mol. The minimum atomic E-state index is -0.254. The first-order valence-corrected chi connectivity index (χ1v) is 6.62. The Labute approximate surface area is 118 Å². The molecule has 3 nitrogen and oxygen atoms in total. The van der Waals surface area contributed by atoms with Crippen molar-refractivity contribution in [3.05, 3.63) is 51.5 Å². The normalized spacial score (nSPS) is 10.8. The van der Waals surface area contributed by atoms with Gasteiger partial charge in [0, 0.05) is 27.7 Å². The van der Waals surface area contributed by atoms with Gasteiger partial charge in [-0.1, -0.05) is 29.3 Å². The molecule has 18 heavy (non-hydrogen) atoms. The van der Waals surface area contributed by atoms with Crippen LogP contribution in [0.2, 0.25) is 10.0 Å². The molecule has 2 rings (SSSR count). The highest BCUT2D eigenvalue weighted by Gasteiger charge is 2.01. The van der Waals surface area contributed by atoms with Crippen LogP contribution in [0.5, 0.6) is 0 Å². The maximum atomic E-state index is 11.6. The molecule has 0 saturated heterocycles. The zero-order valence-electron chi connectivity index (χ0n) is 9.06. The Hall–Kier alpha value is -1.36. The minimum Gasteiger partial charge on any atom is -0.298 e. The number of thiazole rings is 1. The second kappa shape index (κ2) is 6.00. The number of amides is 1. The van der Waals surface area contributed by atoms with Crippen LogP contribution in [-0.4, -0.2) is 10.9 Å². The quantitative estimate of drug-likeness (QED) is 0.867. The number of benzene rings is 1. The maximum absolute atomic E-state index is 11.6. The maximum Gasteiger partial charge on any atom is 0.250 e. The monoisotopic (exact) mass is 298 g/mol. The number of carbonyl (C=O) groups excluding carboxylic acids is 1. The lowest BCUT2D eigenvalue weighted by Gasteiger charge is -1.99. The van der Waals surface area contributed by atoms with Gasteiger partial charge in [-0.3, -0.25) is 10.1 Å². The van der Waals surface area contributed by atoms with Crippen molar-refractivity contribution in [2.24, 2.45) is 0 Å². The van der Waals surface area contributed by atoms with Crippen LogP contribution in [0.3, 0.4) is 0 Å². The van der Waals surface area contributed by atoms with Crippen molar-refractivity contribution in [3.8, 4) is 0 Å². The van der Waals surface area contributed by atoms with Crippen molar-refractivity contribution in [2.75, 3.05) is 5.32 Å². The van der Waals surface area contributed by atoms with Gasteiger partial charge >= 0.3 is 0 Å². The smallest absolute Gasteiger partial charge is 0.250 e. The van der Waals surface area contributed by atoms with Gasteiger partial charge in [-0.05, 0) is 23.8 Å². The van der Waals surface area contributed by atoms with Gasteiger partial charge in [0.2, 0.25) is 5.91 Å². The van der Waals surface area contributed by atoms with Gasteiger partial charge in [-0.15, -0.1) is 11.3 Å². The van der Waals surface area contributed by atoms with Crippen molar-refractivity contribution in [2.45, 2.75) is 0 Å². The highest BCUT2D eigenvalue weighted by atomic mass is 35.5. The molecule has 6 heteroatoms. The van der Waals surface area contributed by atoms with Gasteiger partial charge in [0.05, 0.1) is 0 Å². The topological polar surface area (TPSA) is 42.0 Å². The summed E-state index contributed by atoms with van der Waals surface area (Å²) in [6, 6.07) is 5.09. The summed E-state index contributed by atoms with van der Waals surface area (Å²) in [5.41, 5.74) is 0.732. The van der Waals surface area contributed by atoms with Gasteiger partial charge < -0.3 is 0 Å². The third-order valence-electron chi connectivity index (χ3n) is 2.04. The molecule has 1 aromatic heterocycles. The average molecular weight is 299 g/mol. The fourth-order valence-electron chi connectivity index (χ4n) is 1.23. The van der Waals surface area contributed by atoms with Crippen molar-refractivity contribution in [1.29, 1.82) is 0 Å².